The second-order valence-electron chi connectivity index (χ2n) is 3.49. The van der Waals surface area contributed by atoms with Gasteiger partial charge >= 0.3 is 26.1 Å². The van der Waals surface area contributed by atoms with E-state index < -0.39 is 44.1 Å². The van der Waals surface area contributed by atoms with Crippen LogP contribution in [0.25, 0.3) is 0 Å². The minimum atomic E-state index is -5.23. The van der Waals surface area contributed by atoms with Gasteiger partial charge in [0.1, 0.15) is 0 Å². The summed E-state index contributed by atoms with van der Waals surface area (Å²) in [6, 6.07) is 0. The Morgan fingerprint density at radius 1 is 1.05 bits per heavy atom. The smallest absolute Gasteiger partial charge is 0.450 e. The third kappa shape index (κ3) is 5.73. The topological polar surface area (TPSA) is 197 Å². The lowest BCUT2D eigenvalue weighted by Crippen LogP contribution is -2.38. The molecule has 116 valence electrons. The van der Waals surface area contributed by atoms with Gasteiger partial charge in [-0.2, -0.15) is 0 Å². The number of hydrogen-bond acceptors (Lipinski definition) is 7. The average Bonchev–Trinajstić information content (AvgIpc) is 2.10. The van der Waals surface area contributed by atoms with Gasteiger partial charge in [0.05, 0.1) is 6.42 Å². The molecule has 0 saturated carbocycles. The van der Waals surface area contributed by atoms with Crippen LogP contribution in [0.2, 0.25) is 0 Å². The van der Waals surface area contributed by atoms with Gasteiger partial charge in [-0.1, -0.05) is 0 Å². The van der Waals surface area contributed by atoms with Gasteiger partial charge in [0, 0.05) is 0 Å². The Labute approximate surface area is 110 Å². The Hall–Kier alpha value is -2.04. The predicted molar refractivity (Wildman–Crippen MR) is 56.2 cm³/mol. The van der Waals surface area contributed by atoms with Gasteiger partial charge in [0.15, 0.2) is 0 Å². The molecule has 0 heterocycles. The molecule has 0 aliphatic rings. The molecule has 0 fully saturated rings. The van der Waals surface area contributed by atoms with Crippen molar-refractivity contribution < 1.29 is 58.3 Å². The third-order valence-corrected chi connectivity index (χ3v) is 3.44. The molecule has 0 aromatic carbocycles. The van der Waals surface area contributed by atoms with Crippen LogP contribution in [-0.4, -0.2) is 55.2 Å². The van der Waals surface area contributed by atoms with Crippen molar-refractivity contribution in [2.75, 3.05) is 0 Å². The van der Waals surface area contributed by atoms with E-state index in [1.165, 1.54) is 0 Å². The predicted octanol–water partition coefficient (Wildman–Crippen LogP) is 0.680. The Morgan fingerprint density at radius 2 is 1.45 bits per heavy atom. The summed E-state index contributed by atoms with van der Waals surface area (Å²) in [4.78, 5) is 49.1. The van der Waals surface area contributed by atoms with Crippen LogP contribution in [-0.2, 0) is 18.8 Å². The summed E-state index contributed by atoms with van der Waals surface area (Å²) >= 11 is 0. The second-order valence-corrected chi connectivity index (χ2v) is 5.52. The molecule has 0 radical (unpaired) electrons. The van der Waals surface area contributed by atoms with Crippen LogP contribution in [0.3, 0.4) is 0 Å². The lowest BCUT2D eigenvalue weighted by atomic mass is 10.2. The SMILES string of the molecule is CC(CC(OC(=O)O)OC(=O)O)(OC(=O)O)P(=O)(O)O. The van der Waals surface area contributed by atoms with Gasteiger partial charge in [-0.05, 0) is 6.92 Å². The zero-order chi connectivity index (χ0) is 16.1. The molecule has 20 heavy (non-hydrogen) atoms. The summed E-state index contributed by atoms with van der Waals surface area (Å²) in [6.45, 7) is 0.630. The van der Waals surface area contributed by atoms with Crippen molar-refractivity contribution in [1.82, 2.24) is 0 Å². The van der Waals surface area contributed by atoms with Crippen molar-refractivity contribution >= 4 is 26.1 Å². The number of ether oxygens (including phenoxy) is 3. The van der Waals surface area contributed by atoms with Crippen LogP contribution in [0.15, 0.2) is 0 Å². The zero-order valence-corrected chi connectivity index (χ0v) is 10.7. The van der Waals surface area contributed by atoms with Gasteiger partial charge in [-0.15, -0.1) is 0 Å². The molecule has 0 amide bonds. The summed E-state index contributed by atoms with van der Waals surface area (Å²) < 4.78 is 23.1. The fraction of sp³-hybridized carbons (Fsp3) is 0.571. The quantitative estimate of drug-likeness (QED) is 0.261. The Kier molecular flexibility index (Phi) is 5.76. The summed E-state index contributed by atoms with van der Waals surface area (Å²) in [5.74, 6) is 0. The molecule has 13 heteroatoms. The molecule has 1 atom stereocenters. The highest BCUT2D eigenvalue weighted by Crippen LogP contribution is 2.53. The van der Waals surface area contributed by atoms with Crippen molar-refractivity contribution in [2.24, 2.45) is 0 Å². The summed E-state index contributed by atoms with van der Waals surface area (Å²) in [5.41, 5.74) is 0. The minimum Gasteiger partial charge on any atom is -0.450 e. The lowest BCUT2D eigenvalue weighted by Gasteiger charge is -2.30. The average molecular weight is 318 g/mol. The molecule has 0 aliphatic heterocycles. The third-order valence-electron chi connectivity index (χ3n) is 1.93. The van der Waals surface area contributed by atoms with Crippen LogP contribution in [0, 0.1) is 0 Å². The largest absolute Gasteiger partial charge is 0.508 e. The number of hydrogen-bond donors (Lipinski definition) is 5. The van der Waals surface area contributed by atoms with Crippen LogP contribution >= 0.6 is 7.60 Å². The van der Waals surface area contributed by atoms with E-state index in [0.29, 0.717) is 6.92 Å². The Balaban J connectivity index is 5.26. The first kappa shape index (κ1) is 18.0. The lowest BCUT2D eigenvalue weighted by molar-refractivity contribution is -0.118. The molecule has 0 saturated heterocycles. The highest BCUT2D eigenvalue weighted by molar-refractivity contribution is 7.53. The first-order valence-electron chi connectivity index (χ1n) is 4.64. The van der Waals surface area contributed by atoms with Gasteiger partial charge < -0.3 is 39.3 Å². The van der Waals surface area contributed by atoms with E-state index in [2.05, 4.69) is 14.2 Å². The summed E-state index contributed by atoms with van der Waals surface area (Å²) in [5, 5.41) is 22.3. The van der Waals surface area contributed by atoms with Crippen molar-refractivity contribution in [2.45, 2.75) is 25.0 Å². The molecular formula is C7H11O12P. The molecule has 0 aliphatic carbocycles. The molecule has 0 spiro atoms. The molecule has 0 rings (SSSR count). The van der Waals surface area contributed by atoms with Crippen molar-refractivity contribution in [3.63, 3.8) is 0 Å². The van der Waals surface area contributed by atoms with Crippen LogP contribution < -0.4 is 0 Å². The molecule has 0 aromatic rings. The van der Waals surface area contributed by atoms with Gasteiger partial charge in [0.2, 0.25) is 5.34 Å². The van der Waals surface area contributed by atoms with Gasteiger partial charge in [0.25, 0.3) is 6.29 Å². The highest BCUT2D eigenvalue weighted by Gasteiger charge is 2.50. The summed E-state index contributed by atoms with van der Waals surface area (Å²) in [7, 11) is -5.23. The van der Waals surface area contributed by atoms with Gasteiger partial charge in [-0.3, -0.25) is 4.57 Å². The van der Waals surface area contributed by atoms with Crippen molar-refractivity contribution in [1.29, 1.82) is 0 Å². The van der Waals surface area contributed by atoms with E-state index in [4.69, 9.17) is 25.1 Å². The molecule has 1 unspecified atom stereocenters. The summed E-state index contributed by atoms with van der Waals surface area (Å²) in [6.07, 6.45) is -9.44. The first-order valence-corrected chi connectivity index (χ1v) is 6.25. The molecular weight excluding hydrogens is 307 g/mol. The first-order chi connectivity index (χ1) is 8.87. The second kappa shape index (κ2) is 6.41. The van der Waals surface area contributed by atoms with E-state index in [1.54, 1.807) is 0 Å². The minimum absolute atomic E-state index is 0.630. The Morgan fingerprint density at radius 3 is 1.70 bits per heavy atom. The number of carboxylic acid groups (broad SMARTS) is 3. The van der Waals surface area contributed by atoms with Crippen LogP contribution in [0.4, 0.5) is 14.4 Å². The normalized spacial score (nSPS) is 14.2. The maximum atomic E-state index is 11.2. The van der Waals surface area contributed by atoms with Crippen LogP contribution in [0.1, 0.15) is 13.3 Å². The van der Waals surface area contributed by atoms with E-state index in [-0.39, 0.29) is 0 Å². The highest BCUT2D eigenvalue weighted by atomic mass is 31.2. The maximum absolute atomic E-state index is 11.2. The fourth-order valence-corrected chi connectivity index (χ4v) is 1.63. The van der Waals surface area contributed by atoms with Crippen molar-refractivity contribution in [3.05, 3.63) is 0 Å². The van der Waals surface area contributed by atoms with E-state index >= 15 is 0 Å². The maximum Gasteiger partial charge on any atom is 0.508 e. The standard InChI is InChI=1S/C7H11O12P/c1-7(19-6(12)13,20(14,15)16)2-3(17-4(8)9)18-5(10)11/h3H,2H2,1H3,(H,8,9)(H,10,11)(H,12,13)(H2,14,15,16). The molecule has 12 nitrogen and oxygen atoms in total. The number of rotatable bonds is 6. The number of carbonyl (C=O) groups is 3. The fourth-order valence-electron chi connectivity index (χ4n) is 1.05. The van der Waals surface area contributed by atoms with Crippen molar-refractivity contribution in [3.8, 4) is 0 Å². The van der Waals surface area contributed by atoms with Crippen LogP contribution in [0.5, 0.6) is 0 Å². The Bertz CT molecular complexity index is 423. The molecule has 0 bridgehead atoms. The molecule has 5 N–H and O–H groups in total. The van der Waals surface area contributed by atoms with Gasteiger partial charge in [-0.25, -0.2) is 14.4 Å². The molecule has 0 aromatic heterocycles. The van der Waals surface area contributed by atoms with E-state index in [0.717, 1.165) is 0 Å². The monoisotopic (exact) mass is 318 g/mol. The zero-order valence-electron chi connectivity index (χ0n) is 9.83. The van der Waals surface area contributed by atoms with E-state index in [9.17, 15) is 18.9 Å². The van der Waals surface area contributed by atoms with E-state index in [1.807, 2.05) is 0 Å².